The first kappa shape index (κ1) is 10.1. The summed E-state index contributed by atoms with van der Waals surface area (Å²) >= 11 is 1.49. The maximum Gasteiger partial charge on any atom is 0.278 e. The average Bonchev–Trinajstić information content (AvgIpc) is 2.65. The van der Waals surface area contributed by atoms with Crippen LogP contribution in [0.25, 0.3) is 0 Å². The summed E-state index contributed by atoms with van der Waals surface area (Å²) in [5.74, 6) is 0.786. The second-order valence-electron chi connectivity index (χ2n) is 3.17. The minimum absolute atomic E-state index is 0.473. The lowest BCUT2D eigenvalue weighted by Gasteiger charge is -2.06. The van der Waals surface area contributed by atoms with Gasteiger partial charge in [0, 0.05) is 17.5 Å². The summed E-state index contributed by atoms with van der Waals surface area (Å²) in [5.41, 5.74) is 7.58. The van der Waals surface area contributed by atoms with Gasteiger partial charge >= 0.3 is 0 Å². The summed E-state index contributed by atoms with van der Waals surface area (Å²) in [5, 5.41) is 2.62. The second-order valence-corrected chi connectivity index (χ2v) is 3.99. The Morgan fingerprint density at radius 2 is 2.20 bits per heavy atom. The average molecular weight is 220 g/mol. The number of aryl methyl sites for hydroxylation is 1. The molecule has 2 N–H and O–H groups in total. The smallest absolute Gasteiger partial charge is 0.278 e. The van der Waals surface area contributed by atoms with E-state index in [0.717, 1.165) is 17.0 Å². The van der Waals surface area contributed by atoms with E-state index >= 15 is 0 Å². The summed E-state index contributed by atoms with van der Waals surface area (Å²) in [7, 11) is 0. The first-order chi connectivity index (χ1) is 7.29. The van der Waals surface area contributed by atoms with Gasteiger partial charge in [-0.3, -0.25) is 0 Å². The van der Waals surface area contributed by atoms with Crippen molar-refractivity contribution in [1.29, 1.82) is 0 Å². The van der Waals surface area contributed by atoms with Crippen molar-refractivity contribution in [3.63, 3.8) is 0 Å². The quantitative estimate of drug-likeness (QED) is 0.865. The Labute approximate surface area is 92.5 Å². The van der Waals surface area contributed by atoms with E-state index in [2.05, 4.69) is 4.98 Å². The maximum atomic E-state index is 5.65. The number of hydrogen-bond acceptors (Lipinski definition) is 4. The number of nitrogens with two attached hydrogens (primary N) is 1. The molecule has 1 heterocycles. The minimum Gasteiger partial charge on any atom is -0.431 e. The standard InChI is InChI=1S/C11H12N2OS/c1-8-7-15-11(13-8)14-10-5-3-2-4-9(10)6-12/h2-5,7H,6,12H2,1H3. The monoisotopic (exact) mass is 220 g/mol. The molecule has 2 aromatic rings. The molecule has 0 aliphatic heterocycles. The number of hydrogen-bond donors (Lipinski definition) is 1. The Balaban J connectivity index is 2.23. The molecular weight excluding hydrogens is 208 g/mol. The van der Waals surface area contributed by atoms with Crippen molar-refractivity contribution in [3.05, 3.63) is 40.9 Å². The third kappa shape index (κ3) is 2.34. The van der Waals surface area contributed by atoms with Crippen molar-refractivity contribution < 1.29 is 4.74 Å². The highest BCUT2D eigenvalue weighted by atomic mass is 32.1. The molecular formula is C11H12N2OS. The van der Waals surface area contributed by atoms with Crippen LogP contribution in [0.15, 0.2) is 29.6 Å². The Kier molecular flexibility index (Phi) is 2.99. The molecule has 0 amide bonds. The number of benzene rings is 1. The lowest BCUT2D eigenvalue weighted by atomic mass is 10.2. The van der Waals surface area contributed by atoms with Crippen molar-refractivity contribution in [3.8, 4) is 10.9 Å². The zero-order valence-corrected chi connectivity index (χ0v) is 9.25. The normalized spacial score (nSPS) is 10.3. The van der Waals surface area contributed by atoms with Crippen LogP contribution in [0.5, 0.6) is 10.9 Å². The predicted octanol–water partition coefficient (Wildman–Crippen LogP) is 2.70. The molecule has 0 saturated heterocycles. The van der Waals surface area contributed by atoms with Crippen LogP contribution in [-0.2, 0) is 6.54 Å². The molecule has 0 aliphatic carbocycles. The molecule has 0 aliphatic rings. The Morgan fingerprint density at radius 3 is 2.87 bits per heavy atom. The molecule has 2 rings (SSSR count). The summed E-state index contributed by atoms with van der Waals surface area (Å²) in [6.07, 6.45) is 0. The number of nitrogens with zero attached hydrogens (tertiary/aromatic N) is 1. The molecule has 78 valence electrons. The van der Waals surface area contributed by atoms with Gasteiger partial charge in [-0.05, 0) is 13.0 Å². The lowest BCUT2D eigenvalue weighted by Crippen LogP contribution is -1.98. The van der Waals surface area contributed by atoms with Gasteiger partial charge in [0.05, 0.1) is 5.69 Å². The molecule has 4 heteroatoms. The highest BCUT2D eigenvalue weighted by molar-refractivity contribution is 7.11. The van der Waals surface area contributed by atoms with E-state index in [-0.39, 0.29) is 0 Å². The molecule has 3 nitrogen and oxygen atoms in total. The van der Waals surface area contributed by atoms with E-state index in [4.69, 9.17) is 10.5 Å². The second kappa shape index (κ2) is 4.42. The Hall–Kier alpha value is -1.39. The molecule has 0 unspecified atom stereocenters. The molecule has 0 saturated carbocycles. The highest BCUT2D eigenvalue weighted by Crippen LogP contribution is 2.27. The fourth-order valence-corrected chi connectivity index (χ4v) is 1.90. The largest absolute Gasteiger partial charge is 0.431 e. The van der Waals surface area contributed by atoms with Crippen molar-refractivity contribution in [2.75, 3.05) is 0 Å². The predicted molar refractivity (Wildman–Crippen MR) is 61.3 cm³/mol. The van der Waals surface area contributed by atoms with E-state index in [9.17, 15) is 0 Å². The van der Waals surface area contributed by atoms with Gasteiger partial charge in [-0.1, -0.05) is 29.5 Å². The van der Waals surface area contributed by atoms with Crippen molar-refractivity contribution in [1.82, 2.24) is 4.98 Å². The lowest BCUT2D eigenvalue weighted by molar-refractivity contribution is 0.472. The Bertz CT molecular complexity index is 453. The molecule has 0 atom stereocenters. The maximum absolute atomic E-state index is 5.65. The van der Waals surface area contributed by atoms with Crippen LogP contribution < -0.4 is 10.5 Å². The molecule has 0 spiro atoms. The van der Waals surface area contributed by atoms with Crippen LogP contribution in [0.1, 0.15) is 11.3 Å². The summed E-state index contributed by atoms with van der Waals surface area (Å²) < 4.78 is 5.65. The van der Waals surface area contributed by atoms with E-state index in [1.165, 1.54) is 11.3 Å². The molecule has 1 aromatic carbocycles. The van der Waals surface area contributed by atoms with Gasteiger partial charge in [0.25, 0.3) is 5.19 Å². The topological polar surface area (TPSA) is 48.1 Å². The van der Waals surface area contributed by atoms with Gasteiger partial charge in [-0.15, -0.1) is 0 Å². The van der Waals surface area contributed by atoms with Crippen LogP contribution in [-0.4, -0.2) is 4.98 Å². The highest BCUT2D eigenvalue weighted by Gasteiger charge is 2.05. The van der Waals surface area contributed by atoms with E-state index in [1.807, 2.05) is 36.6 Å². The van der Waals surface area contributed by atoms with Gasteiger partial charge in [0.1, 0.15) is 5.75 Å². The van der Waals surface area contributed by atoms with Gasteiger partial charge in [0.2, 0.25) is 0 Å². The van der Waals surface area contributed by atoms with Gasteiger partial charge in [-0.2, -0.15) is 0 Å². The molecule has 1 aromatic heterocycles. The number of thiazole rings is 1. The first-order valence-electron chi connectivity index (χ1n) is 4.67. The first-order valence-corrected chi connectivity index (χ1v) is 5.55. The summed E-state index contributed by atoms with van der Waals surface area (Å²) in [6.45, 7) is 2.42. The van der Waals surface area contributed by atoms with E-state index < -0.39 is 0 Å². The Morgan fingerprint density at radius 1 is 1.40 bits per heavy atom. The number of aromatic nitrogens is 1. The van der Waals surface area contributed by atoms with Crippen LogP contribution in [0.2, 0.25) is 0 Å². The van der Waals surface area contributed by atoms with Crippen LogP contribution in [0.4, 0.5) is 0 Å². The third-order valence-electron chi connectivity index (χ3n) is 1.99. The van der Waals surface area contributed by atoms with Gasteiger partial charge < -0.3 is 10.5 Å². The third-order valence-corrected chi connectivity index (χ3v) is 2.82. The fourth-order valence-electron chi connectivity index (χ4n) is 1.25. The zero-order chi connectivity index (χ0) is 10.7. The van der Waals surface area contributed by atoms with Gasteiger partial charge in [-0.25, -0.2) is 4.98 Å². The SMILES string of the molecule is Cc1csc(Oc2ccccc2CN)n1. The molecule has 15 heavy (non-hydrogen) atoms. The van der Waals surface area contributed by atoms with Crippen LogP contribution >= 0.6 is 11.3 Å². The molecule has 0 radical (unpaired) electrons. The van der Waals surface area contributed by atoms with E-state index in [0.29, 0.717) is 11.7 Å². The zero-order valence-electron chi connectivity index (χ0n) is 8.43. The number of ether oxygens (including phenoxy) is 1. The van der Waals surface area contributed by atoms with Crippen molar-refractivity contribution >= 4 is 11.3 Å². The number of rotatable bonds is 3. The number of para-hydroxylation sites is 1. The van der Waals surface area contributed by atoms with Crippen molar-refractivity contribution in [2.24, 2.45) is 5.73 Å². The summed E-state index contributed by atoms with van der Waals surface area (Å²) in [4.78, 5) is 4.24. The van der Waals surface area contributed by atoms with Crippen LogP contribution in [0, 0.1) is 6.92 Å². The molecule has 0 fully saturated rings. The van der Waals surface area contributed by atoms with Crippen LogP contribution in [0.3, 0.4) is 0 Å². The van der Waals surface area contributed by atoms with Gasteiger partial charge in [0.15, 0.2) is 0 Å². The molecule has 0 bridgehead atoms. The fraction of sp³-hybridized carbons (Fsp3) is 0.182. The minimum atomic E-state index is 0.473. The van der Waals surface area contributed by atoms with E-state index in [1.54, 1.807) is 0 Å². The van der Waals surface area contributed by atoms with Crippen molar-refractivity contribution in [2.45, 2.75) is 13.5 Å². The summed E-state index contributed by atoms with van der Waals surface area (Å²) in [6, 6.07) is 7.73.